The van der Waals surface area contributed by atoms with E-state index in [2.05, 4.69) is 51.3 Å². The van der Waals surface area contributed by atoms with E-state index in [1.165, 1.54) is 5.69 Å². The maximum absolute atomic E-state index is 5.74. The molecule has 4 heteroatoms. The molecule has 0 spiro atoms. The molecule has 1 aliphatic heterocycles. The van der Waals surface area contributed by atoms with Gasteiger partial charge in [-0.25, -0.2) is 0 Å². The van der Waals surface area contributed by atoms with Crippen LogP contribution in [-0.4, -0.2) is 31.2 Å². The first-order valence-electron chi connectivity index (χ1n) is 9.87. The Hall–Kier alpha value is -3.55. The normalized spacial score (nSPS) is 13.9. The molecule has 3 heterocycles. The summed E-state index contributed by atoms with van der Waals surface area (Å²) in [6.07, 6.45) is 3.58. The second-order valence-corrected chi connectivity index (χ2v) is 7.12. The summed E-state index contributed by atoms with van der Waals surface area (Å²) >= 11 is 0. The first-order chi connectivity index (χ1) is 14.4. The molecular formula is C25H21N3O. The molecule has 1 aliphatic rings. The van der Waals surface area contributed by atoms with Crippen LogP contribution in [0, 0.1) is 11.8 Å². The quantitative estimate of drug-likeness (QED) is 0.527. The number of hydrogen-bond donors (Lipinski definition) is 1. The number of aromatic nitrogens is 1. The van der Waals surface area contributed by atoms with Gasteiger partial charge in [0.05, 0.1) is 5.56 Å². The van der Waals surface area contributed by atoms with Gasteiger partial charge in [-0.3, -0.25) is 4.98 Å². The summed E-state index contributed by atoms with van der Waals surface area (Å²) in [5, 5.41) is 3.39. The first-order valence-corrected chi connectivity index (χ1v) is 9.87. The van der Waals surface area contributed by atoms with Crippen LogP contribution in [0.1, 0.15) is 11.1 Å². The SMILES string of the molecule is C(#Cc1coc2cc(-c3ccc(N4CCNCC4)cc3)cnc12)c1ccccc1. The number of piperazine rings is 1. The summed E-state index contributed by atoms with van der Waals surface area (Å²) in [7, 11) is 0. The molecule has 2 aromatic heterocycles. The van der Waals surface area contributed by atoms with Crippen molar-refractivity contribution >= 4 is 16.8 Å². The minimum atomic E-state index is 0.756. The number of pyridine rings is 1. The van der Waals surface area contributed by atoms with Crippen molar-refractivity contribution in [2.75, 3.05) is 31.1 Å². The Morgan fingerprint density at radius 2 is 1.69 bits per heavy atom. The van der Waals surface area contributed by atoms with Crippen LogP contribution in [0.15, 0.2) is 77.5 Å². The molecule has 0 unspecified atom stereocenters. The standard InChI is InChI=1S/C25H21N3O/c1-2-4-19(5-3-1)6-7-21-18-29-24-16-22(17-27-25(21)24)20-8-10-23(11-9-20)28-14-12-26-13-15-28/h1-5,8-11,16-18,26H,12-15H2. The topological polar surface area (TPSA) is 41.3 Å². The van der Waals surface area contributed by atoms with Crippen molar-refractivity contribution < 1.29 is 4.42 Å². The monoisotopic (exact) mass is 379 g/mol. The molecular weight excluding hydrogens is 358 g/mol. The molecule has 29 heavy (non-hydrogen) atoms. The summed E-state index contributed by atoms with van der Waals surface area (Å²) < 4.78 is 5.74. The Morgan fingerprint density at radius 3 is 2.48 bits per heavy atom. The van der Waals surface area contributed by atoms with Gasteiger partial charge >= 0.3 is 0 Å². The maximum Gasteiger partial charge on any atom is 0.154 e. The van der Waals surface area contributed by atoms with Gasteiger partial charge in [-0.05, 0) is 35.9 Å². The summed E-state index contributed by atoms with van der Waals surface area (Å²) in [6.45, 7) is 4.17. The van der Waals surface area contributed by atoms with E-state index in [-0.39, 0.29) is 0 Å². The van der Waals surface area contributed by atoms with E-state index in [1.807, 2.05) is 42.6 Å². The maximum atomic E-state index is 5.74. The predicted octanol–water partition coefficient (Wildman–Crippen LogP) is 4.30. The highest BCUT2D eigenvalue weighted by molar-refractivity contribution is 5.84. The highest BCUT2D eigenvalue weighted by Gasteiger charge is 2.11. The van der Waals surface area contributed by atoms with E-state index >= 15 is 0 Å². The summed E-state index contributed by atoms with van der Waals surface area (Å²) in [5.41, 5.74) is 6.78. The van der Waals surface area contributed by atoms with Crippen LogP contribution in [0.25, 0.3) is 22.2 Å². The highest BCUT2D eigenvalue weighted by atomic mass is 16.3. The number of fused-ring (bicyclic) bond motifs is 1. The van der Waals surface area contributed by atoms with Crippen molar-refractivity contribution in [3.05, 3.63) is 84.3 Å². The Morgan fingerprint density at radius 1 is 0.897 bits per heavy atom. The first kappa shape index (κ1) is 17.5. The van der Waals surface area contributed by atoms with E-state index < -0.39 is 0 Å². The van der Waals surface area contributed by atoms with Gasteiger partial charge in [-0.1, -0.05) is 42.2 Å². The van der Waals surface area contributed by atoms with Gasteiger partial charge in [0.1, 0.15) is 11.8 Å². The molecule has 0 saturated carbocycles. The zero-order chi connectivity index (χ0) is 19.5. The minimum absolute atomic E-state index is 0.756. The van der Waals surface area contributed by atoms with Crippen LogP contribution in [0.4, 0.5) is 5.69 Å². The fourth-order valence-electron chi connectivity index (χ4n) is 3.61. The third-order valence-corrected chi connectivity index (χ3v) is 5.21. The van der Waals surface area contributed by atoms with Crippen LogP contribution in [-0.2, 0) is 0 Å². The van der Waals surface area contributed by atoms with Crippen molar-refractivity contribution in [3.63, 3.8) is 0 Å². The Bertz CT molecular complexity index is 1180. The summed E-state index contributed by atoms with van der Waals surface area (Å²) in [6, 6.07) is 20.6. The van der Waals surface area contributed by atoms with Gasteiger partial charge in [0.25, 0.3) is 0 Å². The molecule has 1 saturated heterocycles. The number of furan rings is 1. The smallest absolute Gasteiger partial charge is 0.154 e. The molecule has 0 atom stereocenters. The van der Waals surface area contributed by atoms with Crippen molar-refractivity contribution in [3.8, 4) is 23.0 Å². The third-order valence-electron chi connectivity index (χ3n) is 5.21. The van der Waals surface area contributed by atoms with Crippen LogP contribution < -0.4 is 10.2 Å². The molecule has 0 amide bonds. The van der Waals surface area contributed by atoms with E-state index in [0.717, 1.165) is 59.5 Å². The van der Waals surface area contributed by atoms with Crippen LogP contribution in [0.3, 0.4) is 0 Å². The number of anilines is 1. The van der Waals surface area contributed by atoms with E-state index in [9.17, 15) is 0 Å². The minimum Gasteiger partial charge on any atom is -0.461 e. The van der Waals surface area contributed by atoms with Gasteiger partial charge < -0.3 is 14.6 Å². The lowest BCUT2D eigenvalue weighted by atomic mass is 10.1. The summed E-state index contributed by atoms with van der Waals surface area (Å²) in [5.74, 6) is 6.33. The largest absolute Gasteiger partial charge is 0.461 e. The molecule has 2 aromatic carbocycles. The van der Waals surface area contributed by atoms with Gasteiger partial charge in [-0.2, -0.15) is 0 Å². The molecule has 4 nitrogen and oxygen atoms in total. The number of nitrogens with one attached hydrogen (secondary N) is 1. The molecule has 1 N–H and O–H groups in total. The number of nitrogens with zero attached hydrogens (tertiary/aromatic N) is 2. The van der Waals surface area contributed by atoms with Crippen molar-refractivity contribution in [1.82, 2.24) is 10.3 Å². The fourth-order valence-corrected chi connectivity index (χ4v) is 3.61. The number of hydrogen-bond acceptors (Lipinski definition) is 4. The second-order valence-electron chi connectivity index (χ2n) is 7.12. The molecule has 142 valence electrons. The zero-order valence-electron chi connectivity index (χ0n) is 16.1. The Balaban J connectivity index is 1.40. The Kier molecular flexibility index (Phi) is 4.73. The average molecular weight is 379 g/mol. The van der Waals surface area contributed by atoms with E-state index in [4.69, 9.17) is 4.42 Å². The van der Waals surface area contributed by atoms with Crippen LogP contribution in [0.5, 0.6) is 0 Å². The zero-order valence-corrected chi connectivity index (χ0v) is 16.1. The predicted molar refractivity (Wildman–Crippen MR) is 117 cm³/mol. The number of rotatable bonds is 2. The average Bonchev–Trinajstić information content (AvgIpc) is 3.21. The van der Waals surface area contributed by atoms with Gasteiger partial charge in [0.15, 0.2) is 5.58 Å². The molecule has 0 aliphatic carbocycles. The van der Waals surface area contributed by atoms with Crippen LogP contribution >= 0.6 is 0 Å². The lowest BCUT2D eigenvalue weighted by Gasteiger charge is -2.29. The van der Waals surface area contributed by atoms with Crippen LogP contribution in [0.2, 0.25) is 0 Å². The third kappa shape index (κ3) is 3.73. The molecule has 1 fully saturated rings. The van der Waals surface area contributed by atoms with Crippen molar-refractivity contribution in [1.29, 1.82) is 0 Å². The second kappa shape index (κ2) is 7.83. The van der Waals surface area contributed by atoms with Gasteiger partial charge in [0, 0.05) is 49.2 Å². The molecule has 0 bridgehead atoms. The van der Waals surface area contributed by atoms with Gasteiger partial charge in [0.2, 0.25) is 0 Å². The lowest BCUT2D eigenvalue weighted by molar-refractivity contribution is 0.589. The molecule has 5 rings (SSSR count). The number of benzene rings is 2. The van der Waals surface area contributed by atoms with Crippen molar-refractivity contribution in [2.45, 2.75) is 0 Å². The summed E-state index contributed by atoms with van der Waals surface area (Å²) in [4.78, 5) is 7.04. The van der Waals surface area contributed by atoms with E-state index in [0.29, 0.717) is 0 Å². The lowest BCUT2D eigenvalue weighted by Crippen LogP contribution is -2.43. The van der Waals surface area contributed by atoms with Crippen molar-refractivity contribution in [2.24, 2.45) is 0 Å². The molecule has 0 radical (unpaired) electrons. The van der Waals surface area contributed by atoms with Gasteiger partial charge in [-0.15, -0.1) is 0 Å². The Labute approximate surface area is 170 Å². The molecule has 4 aromatic rings. The highest BCUT2D eigenvalue weighted by Crippen LogP contribution is 2.27. The van der Waals surface area contributed by atoms with E-state index in [1.54, 1.807) is 6.26 Å². The fraction of sp³-hybridized carbons (Fsp3) is 0.160.